The van der Waals surface area contributed by atoms with Crippen LogP contribution in [0.4, 0.5) is 20.1 Å². The molecule has 2 atom stereocenters. The quantitative estimate of drug-likeness (QED) is 0.0466. The number of carbonyl (C=O) groups is 5. The molecule has 292 valence electrons. The summed E-state index contributed by atoms with van der Waals surface area (Å²) < 4.78 is 10.8. The van der Waals surface area contributed by atoms with Crippen molar-refractivity contribution in [2.24, 2.45) is 16.8 Å². The van der Waals surface area contributed by atoms with Crippen LogP contribution in [-0.2, 0) is 32.2 Å². The zero-order valence-electron chi connectivity index (χ0n) is 31.0. The second-order valence-corrected chi connectivity index (χ2v) is 13.2. The summed E-state index contributed by atoms with van der Waals surface area (Å²) in [6, 6.07) is 17.9. The molecule has 0 unspecified atom stereocenters. The van der Waals surface area contributed by atoms with Gasteiger partial charge in [0.2, 0.25) is 11.8 Å². The predicted molar refractivity (Wildman–Crippen MR) is 203 cm³/mol. The van der Waals surface area contributed by atoms with Crippen LogP contribution in [-0.4, -0.2) is 85.5 Å². The fourth-order valence-electron chi connectivity index (χ4n) is 6.23. The summed E-state index contributed by atoms with van der Waals surface area (Å²) in [6.45, 7) is 3.10. The highest BCUT2D eigenvalue weighted by Crippen LogP contribution is 2.44. The highest BCUT2D eigenvalue weighted by Gasteiger charge is 2.31. The Bertz CT molecular complexity index is 1850. The molecule has 17 heteroatoms. The first-order chi connectivity index (χ1) is 26.4. The van der Waals surface area contributed by atoms with E-state index in [-0.39, 0.29) is 58.2 Å². The predicted octanol–water partition coefficient (Wildman–Crippen LogP) is 4.49. The first-order valence-corrected chi connectivity index (χ1v) is 17.8. The highest BCUT2D eigenvalue weighted by atomic mass is 16.6. The minimum atomic E-state index is -1.12. The van der Waals surface area contributed by atoms with E-state index in [1.807, 2.05) is 36.4 Å². The summed E-state index contributed by atoms with van der Waals surface area (Å²) in [4.78, 5) is 67.8. The van der Waals surface area contributed by atoms with E-state index < -0.39 is 48.0 Å². The first-order valence-electron chi connectivity index (χ1n) is 17.8. The van der Waals surface area contributed by atoms with Crippen molar-refractivity contribution in [2.75, 3.05) is 38.7 Å². The van der Waals surface area contributed by atoms with Crippen LogP contribution in [0.2, 0.25) is 0 Å². The molecule has 0 spiro atoms. The number of carbonyl (C=O) groups excluding carboxylic acids is 5. The van der Waals surface area contributed by atoms with Crippen molar-refractivity contribution in [2.45, 2.75) is 57.8 Å². The Morgan fingerprint density at radius 3 is 2.24 bits per heavy atom. The number of nitrogens with one attached hydrogen (secondary N) is 4. The Morgan fingerprint density at radius 2 is 1.62 bits per heavy atom. The van der Waals surface area contributed by atoms with Crippen LogP contribution < -0.4 is 27.0 Å². The number of aliphatic hydroxyl groups is 1. The van der Waals surface area contributed by atoms with Gasteiger partial charge in [-0.25, -0.2) is 14.4 Å². The lowest BCUT2D eigenvalue weighted by Crippen LogP contribution is -2.54. The minimum Gasteiger partial charge on any atom is -0.449 e. The standard InChI is InChI=1S/C38H47N9O8/c1-23(2)33(45-37(52)54-18-17-42-46-40)35(50)44-32(13-8-16-41-36(39)51)34(49)43-26-15-14-24(21-48)25(19-26)20-47(3)38(53)55-22-31-29-11-6-4-9-27(29)28-10-5-7-12-30(28)31/h4-7,9-12,14-15,19,23,31-33,48H,8,13,16-18,20-22H2,1-3H3,(H,43,49)(H,44,50)(H,45,52)(H3,39,41,51)/t32-,33-/m0/s1. The Kier molecular flexibility index (Phi) is 15.2. The molecular weight excluding hydrogens is 710 g/mol. The molecule has 0 radical (unpaired) electrons. The molecule has 6 amide bonds. The lowest BCUT2D eigenvalue weighted by atomic mass is 9.98. The zero-order chi connectivity index (χ0) is 39.9. The number of nitrogens with zero attached hydrogens (tertiary/aromatic N) is 4. The molecule has 3 aromatic carbocycles. The van der Waals surface area contributed by atoms with Crippen molar-refractivity contribution in [1.82, 2.24) is 20.9 Å². The SMILES string of the molecule is CC(C)[C@H](NC(=O)OCCN=[N+]=[N-])C(=O)N[C@@H](CCCNC(N)=O)C(=O)Nc1ccc(CO)c(CN(C)C(=O)OCC2c3ccccc3-c3ccccc32)c1. The largest absolute Gasteiger partial charge is 0.449 e. The highest BCUT2D eigenvalue weighted by molar-refractivity contribution is 5.98. The summed E-state index contributed by atoms with van der Waals surface area (Å²) in [6.07, 6.45) is -1.12. The van der Waals surface area contributed by atoms with Crippen LogP contribution in [0.25, 0.3) is 21.6 Å². The number of nitrogens with two attached hydrogens (primary N) is 1. The van der Waals surface area contributed by atoms with E-state index >= 15 is 0 Å². The molecule has 3 aromatic rings. The Labute approximate surface area is 318 Å². The van der Waals surface area contributed by atoms with Crippen LogP contribution in [0.3, 0.4) is 0 Å². The van der Waals surface area contributed by atoms with Crippen molar-refractivity contribution in [3.63, 3.8) is 0 Å². The van der Waals surface area contributed by atoms with E-state index in [4.69, 9.17) is 20.7 Å². The molecule has 1 aliphatic rings. The van der Waals surface area contributed by atoms with Crippen LogP contribution in [0, 0.1) is 5.92 Å². The number of primary amides is 1. The number of hydrogen-bond acceptors (Lipinski definition) is 9. The molecule has 0 aliphatic heterocycles. The number of azide groups is 1. The maximum absolute atomic E-state index is 13.7. The molecule has 1 aliphatic carbocycles. The van der Waals surface area contributed by atoms with Gasteiger partial charge in [0.05, 0.1) is 19.8 Å². The number of benzene rings is 3. The molecule has 0 aromatic heterocycles. The van der Waals surface area contributed by atoms with Crippen molar-refractivity contribution < 1.29 is 38.6 Å². The van der Waals surface area contributed by atoms with Gasteiger partial charge in [-0.2, -0.15) is 0 Å². The normalized spacial score (nSPS) is 12.6. The number of ether oxygens (including phenoxy) is 2. The maximum Gasteiger partial charge on any atom is 0.409 e. The van der Waals surface area contributed by atoms with Gasteiger partial charge in [-0.15, -0.1) is 0 Å². The first kappa shape index (κ1) is 41.4. The zero-order valence-corrected chi connectivity index (χ0v) is 31.0. The average molecular weight is 758 g/mol. The van der Waals surface area contributed by atoms with E-state index in [0.717, 1.165) is 22.3 Å². The van der Waals surface area contributed by atoms with Gasteiger partial charge in [0.1, 0.15) is 18.7 Å². The average Bonchev–Trinajstić information content (AvgIpc) is 3.48. The molecule has 7 N–H and O–H groups in total. The van der Waals surface area contributed by atoms with Gasteiger partial charge >= 0.3 is 18.2 Å². The Balaban J connectivity index is 1.42. The minimum absolute atomic E-state index is 0.0515. The van der Waals surface area contributed by atoms with Crippen molar-refractivity contribution in [1.29, 1.82) is 0 Å². The third-order valence-corrected chi connectivity index (χ3v) is 9.01. The number of hydrogen-bond donors (Lipinski definition) is 6. The van der Waals surface area contributed by atoms with Gasteiger partial charge in [0.15, 0.2) is 0 Å². The van der Waals surface area contributed by atoms with Crippen LogP contribution in [0.1, 0.15) is 54.9 Å². The van der Waals surface area contributed by atoms with E-state index in [9.17, 15) is 29.1 Å². The van der Waals surface area contributed by atoms with E-state index in [2.05, 4.69) is 43.4 Å². The number of anilines is 1. The Morgan fingerprint density at radius 1 is 0.945 bits per heavy atom. The number of urea groups is 1. The summed E-state index contributed by atoms with van der Waals surface area (Å²) in [7, 11) is 1.58. The van der Waals surface area contributed by atoms with Crippen molar-refractivity contribution >= 4 is 35.7 Å². The van der Waals surface area contributed by atoms with Crippen LogP contribution in [0.15, 0.2) is 71.8 Å². The van der Waals surface area contributed by atoms with E-state index in [1.54, 1.807) is 39.1 Å². The maximum atomic E-state index is 13.7. The van der Waals surface area contributed by atoms with Gasteiger partial charge in [0.25, 0.3) is 0 Å². The molecule has 0 bridgehead atoms. The number of alkyl carbamates (subject to hydrolysis) is 1. The fourth-order valence-corrected chi connectivity index (χ4v) is 6.23. The van der Waals surface area contributed by atoms with E-state index in [1.165, 1.54) is 4.90 Å². The molecule has 4 rings (SSSR count). The van der Waals surface area contributed by atoms with Gasteiger partial charge in [-0.3, -0.25) is 9.59 Å². The number of aliphatic hydroxyl groups excluding tert-OH is 1. The monoisotopic (exact) mass is 757 g/mol. The third-order valence-electron chi connectivity index (χ3n) is 9.01. The molecule has 0 fully saturated rings. The second-order valence-electron chi connectivity index (χ2n) is 13.2. The van der Waals surface area contributed by atoms with Gasteiger partial charge in [0, 0.05) is 36.7 Å². The van der Waals surface area contributed by atoms with Gasteiger partial charge in [-0.05, 0) is 69.8 Å². The Hall–Kier alpha value is -6.32. The lowest BCUT2D eigenvalue weighted by Gasteiger charge is -2.25. The molecule has 55 heavy (non-hydrogen) atoms. The summed E-state index contributed by atoms with van der Waals surface area (Å²) >= 11 is 0. The topological polar surface area (TPSA) is 250 Å². The smallest absolute Gasteiger partial charge is 0.409 e. The molecule has 0 saturated heterocycles. The lowest BCUT2D eigenvalue weighted by molar-refractivity contribution is -0.128. The number of fused-ring (bicyclic) bond motifs is 3. The molecule has 0 saturated carbocycles. The fraction of sp³-hybridized carbons (Fsp3) is 0.395. The second kappa shape index (κ2) is 20.2. The van der Waals surface area contributed by atoms with E-state index in [0.29, 0.717) is 16.8 Å². The number of amides is 6. The summed E-state index contributed by atoms with van der Waals surface area (Å²) in [5.74, 6) is -1.79. The molecule has 17 nitrogen and oxygen atoms in total. The van der Waals surface area contributed by atoms with Gasteiger partial charge < -0.3 is 46.5 Å². The van der Waals surface area contributed by atoms with Crippen molar-refractivity contribution in [3.8, 4) is 11.1 Å². The third kappa shape index (κ3) is 11.6. The molecular formula is C38H47N9O8. The summed E-state index contributed by atoms with van der Waals surface area (Å²) in [5.41, 5.74) is 19.4. The molecule has 0 heterocycles. The summed E-state index contributed by atoms with van der Waals surface area (Å²) in [5, 5.41) is 23.8. The van der Waals surface area contributed by atoms with Crippen LogP contribution >= 0.6 is 0 Å². The van der Waals surface area contributed by atoms with Gasteiger partial charge in [-0.1, -0.05) is 73.6 Å². The van der Waals surface area contributed by atoms with Crippen molar-refractivity contribution in [3.05, 3.63) is 99.4 Å². The number of rotatable bonds is 18. The van der Waals surface area contributed by atoms with Crippen LogP contribution in [0.5, 0.6) is 0 Å².